The maximum absolute atomic E-state index is 10.1. The highest BCUT2D eigenvalue weighted by Gasteiger charge is 2.21. The molecule has 0 saturated carbocycles. The van der Waals surface area contributed by atoms with Gasteiger partial charge in [0.25, 0.3) is 0 Å². The van der Waals surface area contributed by atoms with Gasteiger partial charge in [0.15, 0.2) is 0 Å². The van der Waals surface area contributed by atoms with E-state index in [1.807, 2.05) is 19.1 Å². The van der Waals surface area contributed by atoms with Crippen LogP contribution in [0.25, 0.3) is 0 Å². The fourth-order valence-electron chi connectivity index (χ4n) is 2.60. The second-order valence-electron chi connectivity index (χ2n) is 6.21. The first-order valence-electron chi connectivity index (χ1n) is 8.55. The molecule has 1 heterocycles. The Morgan fingerprint density at radius 3 is 2.38 bits per heavy atom. The van der Waals surface area contributed by atoms with Gasteiger partial charge in [-0.2, -0.15) is 0 Å². The minimum Gasteiger partial charge on any atom is -0.491 e. The summed E-state index contributed by atoms with van der Waals surface area (Å²) in [6.45, 7) is 5.47. The number of carboxylic acids is 2. The number of carbonyl (C=O) groups is 2. The summed E-state index contributed by atoms with van der Waals surface area (Å²) in [5.74, 6) is -1.64. The lowest BCUT2D eigenvalue weighted by atomic mass is 10.0. The highest BCUT2D eigenvalue weighted by atomic mass is 16.5. The summed E-state index contributed by atoms with van der Waals surface area (Å²) >= 11 is 0. The maximum Gasteiger partial charge on any atom is 0.328 e. The predicted molar refractivity (Wildman–Crippen MR) is 97.5 cm³/mol. The summed E-state index contributed by atoms with van der Waals surface area (Å²) in [6, 6.07) is 6.30. The van der Waals surface area contributed by atoms with E-state index in [0.717, 1.165) is 24.3 Å². The molecule has 0 aromatic heterocycles. The van der Waals surface area contributed by atoms with Crippen LogP contribution in [0, 0.1) is 13.8 Å². The Hall–Kier alpha value is -2.38. The molecule has 1 fully saturated rings. The van der Waals surface area contributed by atoms with Gasteiger partial charge in [-0.3, -0.25) is 0 Å². The summed E-state index contributed by atoms with van der Waals surface area (Å²) in [6.07, 6.45) is 4.13. The zero-order valence-electron chi connectivity index (χ0n) is 15.1. The molecule has 144 valence electrons. The number of hydrogen-bond donors (Lipinski definition) is 4. The summed E-state index contributed by atoms with van der Waals surface area (Å²) in [7, 11) is 0. The molecule has 2 unspecified atom stereocenters. The van der Waals surface area contributed by atoms with Crippen molar-refractivity contribution in [3.63, 3.8) is 0 Å². The number of carboxylic acid groups (broad SMARTS) is 2. The molecule has 1 aromatic carbocycles. The van der Waals surface area contributed by atoms with Crippen LogP contribution in [0.3, 0.4) is 0 Å². The van der Waals surface area contributed by atoms with Crippen LogP contribution in [0.4, 0.5) is 0 Å². The van der Waals surface area contributed by atoms with Gasteiger partial charge >= 0.3 is 11.9 Å². The summed E-state index contributed by atoms with van der Waals surface area (Å²) in [5.41, 5.74) is 2.35. The lowest BCUT2D eigenvalue weighted by molar-refractivity contribution is -0.134. The van der Waals surface area contributed by atoms with Gasteiger partial charge in [-0.15, -0.1) is 0 Å². The van der Waals surface area contributed by atoms with E-state index in [1.54, 1.807) is 0 Å². The van der Waals surface area contributed by atoms with Gasteiger partial charge in [-0.05, 0) is 44.9 Å². The Balaban J connectivity index is 0.000000359. The van der Waals surface area contributed by atoms with E-state index in [4.69, 9.17) is 14.9 Å². The van der Waals surface area contributed by atoms with Crippen molar-refractivity contribution < 1.29 is 29.6 Å². The van der Waals surface area contributed by atoms with Crippen molar-refractivity contribution in [1.82, 2.24) is 5.32 Å². The van der Waals surface area contributed by atoms with Crippen LogP contribution in [0.2, 0.25) is 0 Å². The van der Waals surface area contributed by atoms with Crippen molar-refractivity contribution >= 4 is 11.9 Å². The standard InChI is InChI=1S/C15H23NO2.C4H4O4/c1-11-6-7-15(12(2)9-11)18-10-14(17)13-5-3-4-8-16-13;5-3(6)1-2-4(7)8/h6-7,9,13-14,16-17H,3-5,8,10H2,1-2H3;1-2H,(H,5,6)(H,7,8)/b;2-1+. The molecule has 0 aliphatic carbocycles. The molecule has 1 aliphatic rings. The average Bonchev–Trinajstić information content (AvgIpc) is 2.60. The summed E-state index contributed by atoms with van der Waals surface area (Å²) in [4.78, 5) is 19.1. The monoisotopic (exact) mass is 365 g/mol. The van der Waals surface area contributed by atoms with E-state index in [0.29, 0.717) is 18.8 Å². The maximum atomic E-state index is 10.1. The first-order valence-corrected chi connectivity index (χ1v) is 8.55. The predicted octanol–water partition coefficient (Wildman–Crippen LogP) is 1.90. The third-order valence-corrected chi connectivity index (χ3v) is 3.92. The minimum absolute atomic E-state index is 0.185. The van der Waals surface area contributed by atoms with E-state index >= 15 is 0 Å². The third kappa shape index (κ3) is 8.64. The number of aryl methyl sites for hydroxylation is 2. The van der Waals surface area contributed by atoms with Crippen LogP contribution in [0.15, 0.2) is 30.4 Å². The number of nitrogens with one attached hydrogen (secondary N) is 1. The van der Waals surface area contributed by atoms with Crippen molar-refractivity contribution in [2.75, 3.05) is 13.2 Å². The molecule has 26 heavy (non-hydrogen) atoms. The van der Waals surface area contributed by atoms with Crippen LogP contribution in [-0.4, -0.2) is 52.6 Å². The van der Waals surface area contributed by atoms with Gasteiger partial charge in [0.05, 0.1) is 0 Å². The van der Waals surface area contributed by atoms with E-state index in [9.17, 15) is 14.7 Å². The Morgan fingerprint density at radius 1 is 1.23 bits per heavy atom. The molecule has 2 rings (SSSR count). The van der Waals surface area contributed by atoms with Crippen LogP contribution < -0.4 is 10.1 Å². The highest BCUT2D eigenvalue weighted by Crippen LogP contribution is 2.19. The SMILES string of the molecule is Cc1ccc(OCC(O)C2CCCCN2)c(C)c1.O=C(O)/C=C/C(=O)O. The molecule has 2 atom stereocenters. The van der Waals surface area contributed by atoms with Crippen LogP contribution in [-0.2, 0) is 9.59 Å². The molecule has 0 spiro atoms. The first kappa shape index (κ1) is 21.7. The molecule has 7 nitrogen and oxygen atoms in total. The van der Waals surface area contributed by atoms with E-state index < -0.39 is 18.0 Å². The minimum atomic E-state index is -1.26. The average molecular weight is 365 g/mol. The third-order valence-electron chi connectivity index (χ3n) is 3.92. The molecule has 1 aliphatic heterocycles. The topological polar surface area (TPSA) is 116 Å². The molecule has 7 heteroatoms. The zero-order valence-corrected chi connectivity index (χ0v) is 15.1. The number of piperidine rings is 1. The fraction of sp³-hybridized carbons (Fsp3) is 0.474. The number of aliphatic carboxylic acids is 2. The second kappa shape index (κ2) is 11.3. The van der Waals surface area contributed by atoms with Gasteiger partial charge < -0.3 is 25.4 Å². The van der Waals surface area contributed by atoms with E-state index in [1.165, 1.54) is 18.4 Å². The lowest BCUT2D eigenvalue weighted by Crippen LogP contribution is -2.45. The molecule has 0 radical (unpaired) electrons. The molecule has 1 saturated heterocycles. The van der Waals surface area contributed by atoms with Gasteiger partial charge in [-0.25, -0.2) is 9.59 Å². The van der Waals surface area contributed by atoms with Crippen molar-refractivity contribution in [1.29, 1.82) is 0 Å². The first-order chi connectivity index (χ1) is 12.3. The zero-order chi connectivity index (χ0) is 19.5. The Morgan fingerprint density at radius 2 is 1.88 bits per heavy atom. The van der Waals surface area contributed by atoms with Crippen LogP contribution >= 0.6 is 0 Å². The van der Waals surface area contributed by atoms with Crippen molar-refractivity contribution in [2.45, 2.75) is 45.3 Å². The van der Waals surface area contributed by atoms with Crippen molar-refractivity contribution in [2.24, 2.45) is 0 Å². The largest absolute Gasteiger partial charge is 0.491 e. The fourth-order valence-corrected chi connectivity index (χ4v) is 2.60. The number of aliphatic hydroxyl groups is 1. The second-order valence-corrected chi connectivity index (χ2v) is 6.21. The molecular formula is C19H27NO6. The van der Waals surface area contributed by atoms with Crippen LogP contribution in [0.5, 0.6) is 5.75 Å². The van der Waals surface area contributed by atoms with Crippen LogP contribution in [0.1, 0.15) is 30.4 Å². The van der Waals surface area contributed by atoms with E-state index in [-0.39, 0.29) is 6.04 Å². The normalized spacial score (nSPS) is 17.9. The van der Waals surface area contributed by atoms with Gasteiger partial charge in [0, 0.05) is 18.2 Å². The van der Waals surface area contributed by atoms with Gasteiger partial charge in [-0.1, -0.05) is 24.1 Å². The summed E-state index contributed by atoms with van der Waals surface area (Å²) < 4.78 is 5.72. The molecule has 1 aromatic rings. The summed E-state index contributed by atoms with van der Waals surface area (Å²) in [5, 5.41) is 29.1. The number of hydrogen-bond acceptors (Lipinski definition) is 5. The Labute approximate surface area is 153 Å². The van der Waals surface area contributed by atoms with Gasteiger partial charge in [0.1, 0.15) is 18.5 Å². The van der Waals surface area contributed by atoms with Gasteiger partial charge in [0.2, 0.25) is 0 Å². The molecule has 0 bridgehead atoms. The quantitative estimate of drug-likeness (QED) is 0.569. The molecular weight excluding hydrogens is 338 g/mol. The number of benzene rings is 1. The Bertz CT molecular complexity index is 606. The number of rotatable bonds is 6. The lowest BCUT2D eigenvalue weighted by Gasteiger charge is -2.28. The smallest absolute Gasteiger partial charge is 0.328 e. The van der Waals surface area contributed by atoms with Crippen molar-refractivity contribution in [3.8, 4) is 5.75 Å². The van der Waals surface area contributed by atoms with Crippen molar-refractivity contribution in [3.05, 3.63) is 41.5 Å². The molecule has 0 amide bonds. The number of ether oxygens (including phenoxy) is 1. The Kier molecular flexibility index (Phi) is 9.40. The number of aliphatic hydroxyl groups excluding tert-OH is 1. The highest BCUT2D eigenvalue weighted by molar-refractivity contribution is 5.89. The molecule has 4 N–H and O–H groups in total. The van der Waals surface area contributed by atoms with E-state index in [2.05, 4.69) is 18.3 Å².